The molecule has 1 saturated heterocycles. The molecule has 2 aliphatic heterocycles. The maximum Gasteiger partial charge on any atom is 0.210 e. The highest BCUT2D eigenvalue weighted by Gasteiger charge is 2.14. The second-order valence-corrected chi connectivity index (χ2v) is 9.60. The van der Waals surface area contributed by atoms with Crippen molar-refractivity contribution in [3.63, 3.8) is 0 Å². The smallest absolute Gasteiger partial charge is 0.210 e. The number of nitrogens with zero attached hydrogens (tertiary/aromatic N) is 2. The van der Waals surface area contributed by atoms with Crippen LogP contribution in [0.1, 0.15) is 75.6 Å². The van der Waals surface area contributed by atoms with Crippen LogP contribution in [0.25, 0.3) is 0 Å². The Balaban J connectivity index is 0.000000248. The first kappa shape index (κ1) is 27.9. The lowest BCUT2D eigenvalue weighted by atomic mass is 10.0. The van der Waals surface area contributed by atoms with Crippen LogP contribution in [0.15, 0.2) is 42.5 Å². The van der Waals surface area contributed by atoms with Crippen LogP contribution in [0.5, 0.6) is 5.75 Å². The zero-order chi connectivity index (χ0) is 24.8. The van der Waals surface area contributed by atoms with Gasteiger partial charge in [0.25, 0.3) is 0 Å². The zero-order valence-corrected chi connectivity index (χ0v) is 22.2. The third kappa shape index (κ3) is 9.50. The number of hydrogen-bond acceptors (Lipinski definition) is 3. The number of benzene rings is 2. The highest BCUT2D eigenvalue weighted by atomic mass is 16.5. The van der Waals surface area contributed by atoms with E-state index in [1.54, 1.807) is 0 Å². The molecular weight excluding hydrogens is 420 g/mol. The maximum atomic E-state index is 11.2. The van der Waals surface area contributed by atoms with Crippen molar-refractivity contribution in [1.29, 1.82) is 0 Å². The number of carbonyl (C=O) groups is 1. The molecule has 34 heavy (non-hydrogen) atoms. The van der Waals surface area contributed by atoms with E-state index >= 15 is 0 Å². The maximum absolute atomic E-state index is 11.2. The lowest BCUT2D eigenvalue weighted by molar-refractivity contribution is -0.119. The molecule has 0 aromatic heterocycles. The molecule has 2 aromatic rings. The minimum atomic E-state index is 0.491. The third-order valence-electron chi connectivity index (χ3n) is 6.08. The summed E-state index contributed by atoms with van der Waals surface area (Å²) in [5, 5.41) is 0. The van der Waals surface area contributed by atoms with E-state index < -0.39 is 0 Å². The summed E-state index contributed by atoms with van der Waals surface area (Å²) in [5.74, 6) is 1.55. The Morgan fingerprint density at radius 2 is 1.71 bits per heavy atom. The van der Waals surface area contributed by atoms with Crippen molar-refractivity contribution in [3.05, 3.63) is 64.7 Å². The monoisotopic (exact) mass is 466 g/mol. The van der Waals surface area contributed by atoms with Gasteiger partial charge in [-0.1, -0.05) is 70.2 Å². The van der Waals surface area contributed by atoms with Crippen LogP contribution in [-0.2, 0) is 24.3 Å². The van der Waals surface area contributed by atoms with Crippen LogP contribution < -0.4 is 4.74 Å². The van der Waals surface area contributed by atoms with Gasteiger partial charge in [0.05, 0.1) is 6.61 Å². The number of carbonyl (C=O) groups excluding carboxylic acids is 1. The fourth-order valence-corrected chi connectivity index (χ4v) is 4.63. The van der Waals surface area contributed by atoms with Gasteiger partial charge in [-0.3, -0.25) is 9.69 Å². The summed E-state index contributed by atoms with van der Waals surface area (Å²) >= 11 is 0. The van der Waals surface area contributed by atoms with Crippen molar-refractivity contribution in [2.45, 2.75) is 79.8 Å². The summed E-state index contributed by atoms with van der Waals surface area (Å²) in [4.78, 5) is 15.5. The van der Waals surface area contributed by atoms with E-state index in [0.717, 1.165) is 44.7 Å². The summed E-state index contributed by atoms with van der Waals surface area (Å²) in [6.45, 7) is 16.4. The summed E-state index contributed by atoms with van der Waals surface area (Å²) in [7, 11) is 0. The van der Waals surface area contributed by atoms with Crippen molar-refractivity contribution < 1.29 is 9.53 Å². The van der Waals surface area contributed by atoms with Gasteiger partial charge in [-0.2, -0.15) is 0 Å². The first-order valence-electron chi connectivity index (χ1n) is 13.3. The van der Waals surface area contributed by atoms with E-state index in [1.807, 2.05) is 18.7 Å². The van der Waals surface area contributed by atoms with Gasteiger partial charge >= 0.3 is 0 Å². The SMILES string of the molecule is CC.Cc1cc(CN(C=O)CC(C)C)cc2c1OCCCC2.c1ccc(CN2CCCC2)cc1. The minimum Gasteiger partial charge on any atom is -0.493 e. The van der Waals surface area contributed by atoms with E-state index in [2.05, 4.69) is 68.1 Å². The lowest BCUT2D eigenvalue weighted by Crippen LogP contribution is -2.25. The fraction of sp³-hybridized carbons (Fsp3) is 0.567. The molecule has 0 aliphatic carbocycles. The van der Waals surface area contributed by atoms with E-state index in [4.69, 9.17) is 4.74 Å². The number of amides is 1. The van der Waals surface area contributed by atoms with Crippen molar-refractivity contribution in [3.8, 4) is 5.75 Å². The fourth-order valence-electron chi connectivity index (χ4n) is 4.63. The molecule has 0 radical (unpaired) electrons. The summed E-state index contributed by atoms with van der Waals surface area (Å²) < 4.78 is 5.85. The highest BCUT2D eigenvalue weighted by molar-refractivity contribution is 5.49. The first-order chi connectivity index (χ1) is 16.5. The number of likely N-dealkylation sites (tertiary alicyclic amines) is 1. The van der Waals surface area contributed by atoms with E-state index in [1.165, 1.54) is 54.6 Å². The predicted molar refractivity (Wildman–Crippen MR) is 143 cm³/mol. The molecule has 0 unspecified atom stereocenters. The van der Waals surface area contributed by atoms with Gasteiger partial charge in [0.15, 0.2) is 0 Å². The lowest BCUT2D eigenvalue weighted by Gasteiger charge is -2.21. The summed E-state index contributed by atoms with van der Waals surface area (Å²) in [6, 6.07) is 15.1. The number of ether oxygens (including phenoxy) is 1. The van der Waals surface area contributed by atoms with Crippen LogP contribution in [0.4, 0.5) is 0 Å². The molecule has 0 N–H and O–H groups in total. The van der Waals surface area contributed by atoms with Crippen LogP contribution >= 0.6 is 0 Å². The van der Waals surface area contributed by atoms with Gasteiger partial charge in [-0.15, -0.1) is 0 Å². The largest absolute Gasteiger partial charge is 0.493 e. The summed E-state index contributed by atoms with van der Waals surface area (Å²) in [6.07, 6.45) is 7.10. The third-order valence-corrected chi connectivity index (χ3v) is 6.08. The Kier molecular flexibility index (Phi) is 12.8. The standard InChI is InChI=1S/C17H25NO2.C11H15N.C2H6/c1-13(2)10-18(12-19)11-15-8-14(3)17-16(9-15)6-4-5-7-20-17;1-2-6-11(7-3-1)10-12-8-4-5-9-12;1-2/h8-9,12-13H,4-7,10-11H2,1-3H3;1-3,6-7H,4-5,8-10H2;1-2H3. The Morgan fingerprint density at radius 3 is 2.35 bits per heavy atom. The molecule has 2 aromatic carbocycles. The van der Waals surface area contributed by atoms with Gasteiger partial charge < -0.3 is 9.64 Å². The highest BCUT2D eigenvalue weighted by Crippen LogP contribution is 2.30. The predicted octanol–water partition coefficient (Wildman–Crippen LogP) is 6.63. The van der Waals surface area contributed by atoms with E-state index in [9.17, 15) is 4.79 Å². The molecule has 0 saturated carbocycles. The molecule has 2 heterocycles. The molecule has 0 atom stereocenters. The molecule has 4 rings (SSSR count). The van der Waals surface area contributed by atoms with Gasteiger partial charge in [0.1, 0.15) is 5.75 Å². The average molecular weight is 467 g/mol. The van der Waals surface area contributed by atoms with E-state index in [-0.39, 0.29) is 0 Å². The van der Waals surface area contributed by atoms with Crippen molar-refractivity contribution >= 4 is 6.41 Å². The molecule has 1 fully saturated rings. The molecule has 2 aliphatic rings. The van der Waals surface area contributed by atoms with Gasteiger partial charge in [0, 0.05) is 19.6 Å². The normalized spacial score (nSPS) is 15.1. The second kappa shape index (κ2) is 15.5. The van der Waals surface area contributed by atoms with Gasteiger partial charge in [-0.25, -0.2) is 0 Å². The van der Waals surface area contributed by atoms with Crippen LogP contribution in [0.3, 0.4) is 0 Å². The number of aryl methyl sites for hydroxylation is 2. The average Bonchev–Trinajstić information content (AvgIpc) is 3.23. The van der Waals surface area contributed by atoms with Crippen LogP contribution in [0, 0.1) is 12.8 Å². The van der Waals surface area contributed by atoms with Crippen molar-refractivity contribution in [2.24, 2.45) is 5.92 Å². The first-order valence-corrected chi connectivity index (χ1v) is 13.3. The Labute approximate surface area is 208 Å². The minimum absolute atomic E-state index is 0.491. The zero-order valence-electron chi connectivity index (χ0n) is 22.2. The molecule has 1 amide bonds. The Hall–Kier alpha value is -2.33. The second-order valence-electron chi connectivity index (χ2n) is 9.60. The molecule has 0 bridgehead atoms. The Bertz CT molecular complexity index is 829. The molecule has 188 valence electrons. The molecule has 4 nitrogen and oxygen atoms in total. The Morgan fingerprint density at radius 1 is 1.00 bits per heavy atom. The number of rotatable bonds is 7. The van der Waals surface area contributed by atoms with E-state index in [0.29, 0.717) is 12.5 Å². The van der Waals surface area contributed by atoms with Crippen molar-refractivity contribution in [2.75, 3.05) is 26.2 Å². The molecule has 0 spiro atoms. The number of hydrogen-bond donors (Lipinski definition) is 0. The quantitative estimate of drug-likeness (QED) is 0.429. The van der Waals surface area contributed by atoms with Crippen molar-refractivity contribution in [1.82, 2.24) is 9.80 Å². The molecule has 4 heteroatoms. The van der Waals surface area contributed by atoms with Crippen LogP contribution in [0.2, 0.25) is 0 Å². The topological polar surface area (TPSA) is 32.8 Å². The van der Waals surface area contributed by atoms with Gasteiger partial charge in [0.2, 0.25) is 6.41 Å². The summed E-state index contributed by atoms with van der Waals surface area (Å²) in [5.41, 5.74) is 5.14. The van der Waals surface area contributed by atoms with Crippen LogP contribution in [-0.4, -0.2) is 42.5 Å². The number of fused-ring (bicyclic) bond motifs is 1. The van der Waals surface area contributed by atoms with Gasteiger partial charge in [-0.05, 0) is 80.3 Å². The molecular formula is C30H46N2O2.